The van der Waals surface area contributed by atoms with Crippen molar-refractivity contribution in [3.05, 3.63) is 94.8 Å². The van der Waals surface area contributed by atoms with Crippen LogP contribution in [0.15, 0.2) is 60.9 Å². The maximum Gasteiger partial charge on any atom is 0.244 e. The molecule has 0 atom stereocenters. The SMILES string of the molecule is CCc1nc2c(C)cc(C)nc2n1Cc1ccc2[nH]c(/C=C/C(=O)NCc3ccncc3)cc2c1. The summed E-state index contributed by atoms with van der Waals surface area (Å²) in [6, 6.07) is 14.3. The maximum atomic E-state index is 12.2. The van der Waals surface area contributed by atoms with Gasteiger partial charge in [0.15, 0.2) is 5.65 Å². The average Bonchev–Trinajstić information content (AvgIpc) is 3.43. The summed E-state index contributed by atoms with van der Waals surface area (Å²) in [6.07, 6.45) is 7.63. The van der Waals surface area contributed by atoms with Crippen LogP contribution in [0.4, 0.5) is 0 Å². The van der Waals surface area contributed by atoms with Gasteiger partial charge < -0.3 is 14.9 Å². The molecule has 0 aliphatic carbocycles. The number of hydrogen-bond donors (Lipinski definition) is 2. The molecule has 0 fully saturated rings. The summed E-state index contributed by atoms with van der Waals surface area (Å²) in [4.78, 5) is 29.2. The molecule has 0 unspecified atom stereocenters. The van der Waals surface area contributed by atoms with E-state index >= 15 is 0 Å². The number of carbonyl (C=O) groups excluding carboxylic acids is 1. The topological polar surface area (TPSA) is 88.5 Å². The Labute approximate surface area is 204 Å². The Morgan fingerprint density at radius 3 is 2.69 bits per heavy atom. The van der Waals surface area contributed by atoms with Crippen LogP contribution in [0, 0.1) is 13.8 Å². The predicted molar refractivity (Wildman–Crippen MR) is 139 cm³/mol. The van der Waals surface area contributed by atoms with E-state index in [1.165, 1.54) is 5.56 Å². The fourth-order valence-electron chi connectivity index (χ4n) is 4.37. The Hall–Kier alpha value is -4.26. The van der Waals surface area contributed by atoms with Crippen molar-refractivity contribution < 1.29 is 4.79 Å². The molecule has 0 aliphatic heterocycles. The molecule has 0 saturated carbocycles. The van der Waals surface area contributed by atoms with Gasteiger partial charge in [-0.3, -0.25) is 9.78 Å². The summed E-state index contributed by atoms with van der Waals surface area (Å²) >= 11 is 0. The number of rotatable bonds is 7. The molecule has 35 heavy (non-hydrogen) atoms. The van der Waals surface area contributed by atoms with E-state index in [0.717, 1.165) is 56.8 Å². The zero-order valence-corrected chi connectivity index (χ0v) is 20.2. The summed E-state index contributed by atoms with van der Waals surface area (Å²) < 4.78 is 2.22. The highest BCUT2D eigenvalue weighted by atomic mass is 16.1. The largest absolute Gasteiger partial charge is 0.355 e. The first-order valence-corrected chi connectivity index (χ1v) is 11.8. The number of pyridine rings is 2. The molecule has 4 aromatic heterocycles. The average molecular weight is 465 g/mol. The molecule has 176 valence electrons. The van der Waals surface area contributed by atoms with Crippen LogP contribution in [0.1, 0.15) is 40.8 Å². The van der Waals surface area contributed by atoms with Gasteiger partial charge in [-0.2, -0.15) is 0 Å². The number of imidazole rings is 1. The van der Waals surface area contributed by atoms with Gasteiger partial charge in [0.25, 0.3) is 0 Å². The molecule has 4 heterocycles. The molecule has 0 radical (unpaired) electrons. The molecular weight excluding hydrogens is 436 g/mol. The molecule has 0 spiro atoms. The third kappa shape index (κ3) is 4.84. The van der Waals surface area contributed by atoms with Crippen LogP contribution in [-0.2, 0) is 24.3 Å². The van der Waals surface area contributed by atoms with E-state index in [4.69, 9.17) is 9.97 Å². The second-order valence-electron chi connectivity index (χ2n) is 8.77. The van der Waals surface area contributed by atoms with E-state index in [0.29, 0.717) is 13.1 Å². The number of benzene rings is 1. The normalized spacial score (nSPS) is 11.6. The van der Waals surface area contributed by atoms with Crippen molar-refractivity contribution in [1.29, 1.82) is 0 Å². The number of aromatic nitrogens is 5. The summed E-state index contributed by atoms with van der Waals surface area (Å²) in [5.41, 5.74) is 8.17. The summed E-state index contributed by atoms with van der Waals surface area (Å²) in [5, 5.41) is 3.99. The summed E-state index contributed by atoms with van der Waals surface area (Å²) in [7, 11) is 0. The molecule has 7 heteroatoms. The molecule has 5 rings (SSSR count). The van der Waals surface area contributed by atoms with Crippen molar-refractivity contribution in [2.24, 2.45) is 0 Å². The van der Waals surface area contributed by atoms with Crippen molar-refractivity contribution in [3.63, 3.8) is 0 Å². The first-order chi connectivity index (χ1) is 17.0. The fraction of sp³-hybridized carbons (Fsp3) is 0.214. The number of aryl methyl sites for hydroxylation is 3. The lowest BCUT2D eigenvalue weighted by atomic mass is 10.1. The zero-order chi connectivity index (χ0) is 24.4. The number of nitrogens with one attached hydrogen (secondary N) is 2. The molecule has 1 amide bonds. The lowest BCUT2D eigenvalue weighted by Crippen LogP contribution is -2.20. The fourth-order valence-corrected chi connectivity index (χ4v) is 4.37. The highest BCUT2D eigenvalue weighted by Gasteiger charge is 2.14. The zero-order valence-electron chi connectivity index (χ0n) is 20.2. The van der Waals surface area contributed by atoms with Crippen LogP contribution in [0.2, 0.25) is 0 Å². The second kappa shape index (κ2) is 9.54. The summed E-state index contributed by atoms with van der Waals surface area (Å²) in [5.74, 6) is 0.898. The second-order valence-corrected chi connectivity index (χ2v) is 8.77. The number of nitrogens with zero attached hydrogens (tertiary/aromatic N) is 4. The quantitative estimate of drug-likeness (QED) is 0.337. The minimum absolute atomic E-state index is 0.140. The van der Waals surface area contributed by atoms with Gasteiger partial charge in [0.1, 0.15) is 11.3 Å². The lowest BCUT2D eigenvalue weighted by molar-refractivity contribution is -0.116. The van der Waals surface area contributed by atoms with Crippen molar-refractivity contribution >= 4 is 34.1 Å². The number of amides is 1. The first kappa shape index (κ1) is 22.5. The number of aromatic amines is 1. The third-order valence-electron chi connectivity index (χ3n) is 6.09. The van der Waals surface area contributed by atoms with Crippen LogP contribution < -0.4 is 5.32 Å². The van der Waals surface area contributed by atoms with Crippen LogP contribution in [0.25, 0.3) is 28.1 Å². The minimum Gasteiger partial charge on any atom is -0.355 e. The van der Waals surface area contributed by atoms with Gasteiger partial charge in [-0.25, -0.2) is 9.97 Å². The maximum absolute atomic E-state index is 12.2. The predicted octanol–water partition coefficient (Wildman–Crippen LogP) is 4.86. The van der Waals surface area contributed by atoms with E-state index in [1.807, 2.05) is 19.1 Å². The van der Waals surface area contributed by atoms with Gasteiger partial charge in [0.2, 0.25) is 5.91 Å². The van der Waals surface area contributed by atoms with Gasteiger partial charge in [0, 0.05) is 53.7 Å². The van der Waals surface area contributed by atoms with Gasteiger partial charge in [0.05, 0.1) is 6.54 Å². The standard InChI is InChI=1S/C28H28N6O/c1-4-25-33-27-18(2)13-19(3)31-28(27)34(25)17-21-5-7-24-22(14-21)15-23(32-24)6-8-26(35)30-16-20-9-11-29-12-10-20/h5-15,32H,4,16-17H2,1-3H3,(H,30,35)/b8-6+. The Balaban J connectivity index is 1.34. The van der Waals surface area contributed by atoms with Crippen LogP contribution in [-0.4, -0.2) is 30.4 Å². The first-order valence-electron chi connectivity index (χ1n) is 11.8. The van der Waals surface area contributed by atoms with Gasteiger partial charge in [-0.15, -0.1) is 0 Å². The molecule has 0 bridgehead atoms. The van der Waals surface area contributed by atoms with Gasteiger partial charge in [-0.1, -0.05) is 13.0 Å². The molecular formula is C28H28N6O. The molecule has 7 nitrogen and oxygen atoms in total. The number of H-pyrrole nitrogens is 1. The van der Waals surface area contributed by atoms with Crippen molar-refractivity contribution in [2.75, 3.05) is 0 Å². The van der Waals surface area contributed by atoms with E-state index < -0.39 is 0 Å². The molecule has 0 saturated heterocycles. The molecule has 2 N–H and O–H groups in total. The van der Waals surface area contributed by atoms with Crippen molar-refractivity contribution in [2.45, 2.75) is 40.3 Å². The number of carbonyl (C=O) groups is 1. The lowest BCUT2D eigenvalue weighted by Gasteiger charge is -2.09. The van der Waals surface area contributed by atoms with Gasteiger partial charge >= 0.3 is 0 Å². The Morgan fingerprint density at radius 1 is 1.06 bits per heavy atom. The highest BCUT2D eigenvalue weighted by molar-refractivity contribution is 5.92. The Bertz CT molecular complexity index is 1540. The number of fused-ring (bicyclic) bond motifs is 2. The summed E-state index contributed by atoms with van der Waals surface area (Å²) in [6.45, 7) is 7.42. The molecule has 0 aliphatic rings. The van der Waals surface area contributed by atoms with Crippen LogP contribution in [0.5, 0.6) is 0 Å². The monoisotopic (exact) mass is 464 g/mol. The third-order valence-corrected chi connectivity index (χ3v) is 6.09. The van der Waals surface area contributed by atoms with E-state index in [1.54, 1.807) is 24.5 Å². The van der Waals surface area contributed by atoms with E-state index in [-0.39, 0.29) is 5.91 Å². The van der Waals surface area contributed by atoms with Crippen molar-refractivity contribution in [1.82, 2.24) is 29.8 Å². The van der Waals surface area contributed by atoms with Gasteiger partial charge in [-0.05, 0) is 73.0 Å². The van der Waals surface area contributed by atoms with Crippen LogP contribution >= 0.6 is 0 Å². The molecule has 5 aromatic rings. The Morgan fingerprint density at radius 2 is 1.89 bits per heavy atom. The van der Waals surface area contributed by atoms with Crippen LogP contribution in [0.3, 0.4) is 0 Å². The molecule has 1 aromatic carbocycles. The highest BCUT2D eigenvalue weighted by Crippen LogP contribution is 2.23. The van der Waals surface area contributed by atoms with E-state index in [9.17, 15) is 4.79 Å². The minimum atomic E-state index is -0.140. The Kier molecular flexibility index (Phi) is 6.14. The van der Waals surface area contributed by atoms with Crippen molar-refractivity contribution in [3.8, 4) is 0 Å². The van der Waals surface area contributed by atoms with E-state index in [2.05, 4.69) is 64.0 Å². The number of hydrogen-bond acceptors (Lipinski definition) is 4. The smallest absolute Gasteiger partial charge is 0.244 e.